The first-order valence-electron chi connectivity index (χ1n) is 7.83. The summed E-state index contributed by atoms with van der Waals surface area (Å²) in [5, 5.41) is 9.57. The molecule has 2 aromatic carbocycles. The zero-order valence-corrected chi connectivity index (χ0v) is 15.5. The Hall–Kier alpha value is -2.28. The van der Waals surface area contributed by atoms with Crippen molar-refractivity contribution in [3.8, 4) is 5.75 Å². The minimum absolute atomic E-state index is 0.0945. The number of hydrogen-bond acceptors (Lipinski definition) is 5. The number of thioether (sulfide) groups is 1. The molecule has 1 aliphatic heterocycles. The van der Waals surface area contributed by atoms with E-state index in [1.165, 1.54) is 0 Å². The van der Waals surface area contributed by atoms with Crippen LogP contribution in [0, 0.1) is 0 Å². The Balaban J connectivity index is 2.06. The maximum absolute atomic E-state index is 13.1. The predicted molar refractivity (Wildman–Crippen MR) is 103 cm³/mol. The van der Waals surface area contributed by atoms with Gasteiger partial charge in [-0.3, -0.25) is 9.59 Å². The van der Waals surface area contributed by atoms with Crippen LogP contribution in [-0.2, 0) is 9.59 Å². The third-order valence-corrected chi connectivity index (χ3v) is 5.11. The number of anilines is 1. The molecule has 1 aliphatic rings. The number of nitrogens with zero attached hydrogens (tertiary/aromatic N) is 1. The van der Waals surface area contributed by atoms with Gasteiger partial charge in [-0.2, -0.15) is 0 Å². The summed E-state index contributed by atoms with van der Waals surface area (Å²) < 4.78 is 5.14. The standard InChI is InChI=1S/C19H16ClNO4S/c1-25-15-7-5-12(6-8-15)16-17(26-10-9-22)19(24)21(18(16)23)14-4-2-3-13(20)11-14/h2-8,11,22H,9-10H2,1H3. The number of carbonyl (C=O) groups is 2. The molecule has 2 amide bonds. The van der Waals surface area contributed by atoms with E-state index in [0.29, 0.717) is 38.3 Å². The number of ether oxygens (including phenoxy) is 1. The lowest BCUT2D eigenvalue weighted by Crippen LogP contribution is -2.31. The lowest BCUT2D eigenvalue weighted by molar-refractivity contribution is -0.119. The molecular formula is C19H16ClNO4S. The molecule has 1 heterocycles. The molecule has 0 bridgehead atoms. The monoisotopic (exact) mass is 389 g/mol. The number of aliphatic hydroxyl groups is 1. The van der Waals surface area contributed by atoms with Crippen LogP contribution in [0.25, 0.3) is 5.57 Å². The van der Waals surface area contributed by atoms with Crippen LogP contribution < -0.4 is 9.64 Å². The summed E-state index contributed by atoms with van der Waals surface area (Å²) in [6, 6.07) is 13.5. The highest BCUT2D eigenvalue weighted by Gasteiger charge is 2.40. The van der Waals surface area contributed by atoms with Crippen LogP contribution >= 0.6 is 23.4 Å². The first-order chi connectivity index (χ1) is 12.6. The number of benzene rings is 2. The summed E-state index contributed by atoms with van der Waals surface area (Å²) in [4.78, 5) is 27.4. The van der Waals surface area contributed by atoms with Crippen LogP contribution in [0.5, 0.6) is 5.75 Å². The number of amides is 2. The van der Waals surface area contributed by atoms with Gasteiger partial charge < -0.3 is 9.84 Å². The molecule has 0 spiro atoms. The van der Waals surface area contributed by atoms with Gasteiger partial charge in [0.05, 0.1) is 29.9 Å². The molecule has 0 aliphatic carbocycles. The topological polar surface area (TPSA) is 66.8 Å². The number of aliphatic hydroxyl groups excluding tert-OH is 1. The van der Waals surface area contributed by atoms with E-state index in [-0.39, 0.29) is 6.61 Å². The fourth-order valence-electron chi connectivity index (χ4n) is 2.65. The second-order valence-electron chi connectivity index (χ2n) is 5.43. The van der Waals surface area contributed by atoms with Gasteiger partial charge in [0.1, 0.15) is 5.75 Å². The summed E-state index contributed by atoms with van der Waals surface area (Å²) in [5.41, 5.74) is 1.35. The Morgan fingerprint density at radius 2 is 1.85 bits per heavy atom. The summed E-state index contributed by atoms with van der Waals surface area (Å²) in [6.45, 7) is -0.0945. The summed E-state index contributed by atoms with van der Waals surface area (Å²) in [7, 11) is 1.56. The molecule has 0 unspecified atom stereocenters. The number of halogens is 1. The van der Waals surface area contributed by atoms with Crippen molar-refractivity contribution in [3.05, 3.63) is 64.0 Å². The SMILES string of the molecule is COc1ccc(C2=C(SCCO)C(=O)N(c3cccc(Cl)c3)C2=O)cc1. The van der Waals surface area contributed by atoms with Crippen LogP contribution in [0.2, 0.25) is 5.02 Å². The smallest absolute Gasteiger partial charge is 0.272 e. The molecule has 0 radical (unpaired) electrons. The maximum atomic E-state index is 13.1. The molecule has 26 heavy (non-hydrogen) atoms. The van der Waals surface area contributed by atoms with Crippen molar-refractivity contribution in [3.63, 3.8) is 0 Å². The number of carbonyl (C=O) groups excluding carboxylic acids is 2. The second-order valence-corrected chi connectivity index (χ2v) is 6.97. The van der Waals surface area contributed by atoms with Crippen molar-refractivity contribution in [1.29, 1.82) is 0 Å². The van der Waals surface area contributed by atoms with Crippen LogP contribution in [-0.4, -0.2) is 36.4 Å². The van der Waals surface area contributed by atoms with Crippen LogP contribution in [0.15, 0.2) is 53.4 Å². The van der Waals surface area contributed by atoms with E-state index in [0.717, 1.165) is 16.7 Å². The fraction of sp³-hybridized carbons (Fsp3) is 0.158. The molecule has 3 rings (SSSR count). The largest absolute Gasteiger partial charge is 0.497 e. The highest BCUT2D eigenvalue weighted by Crippen LogP contribution is 2.39. The second kappa shape index (κ2) is 7.95. The highest BCUT2D eigenvalue weighted by atomic mass is 35.5. The number of imide groups is 1. The van der Waals surface area contributed by atoms with Gasteiger partial charge >= 0.3 is 0 Å². The van der Waals surface area contributed by atoms with E-state index < -0.39 is 11.8 Å². The Morgan fingerprint density at radius 3 is 2.46 bits per heavy atom. The van der Waals surface area contributed by atoms with Crippen LogP contribution in [0.3, 0.4) is 0 Å². The van der Waals surface area contributed by atoms with Gasteiger partial charge in [0.15, 0.2) is 0 Å². The first-order valence-corrected chi connectivity index (χ1v) is 9.20. The summed E-state index contributed by atoms with van der Waals surface area (Å²) >= 11 is 7.18. The molecule has 2 aromatic rings. The van der Waals surface area contributed by atoms with Gasteiger partial charge in [0.25, 0.3) is 11.8 Å². The van der Waals surface area contributed by atoms with Crippen molar-refractivity contribution in [2.45, 2.75) is 0 Å². The molecule has 0 saturated heterocycles. The van der Waals surface area contributed by atoms with Gasteiger partial charge in [-0.15, -0.1) is 11.8 Å². The first kappa shape index (κ1) is 18.5. The molecule has 134 valence electrons. The van der Waals surface area contributed by atoms with Crippen molar-refractivity contribution in [2.75, 3.05) is 24.4 Å². The number of hydrogen-bond donors (Lipinski definition) is 1. The zero-order chi connectivity index (χ0) is 18.7. The molecule has 5 nitrogen and oxygen atoms in total. The molecule has 0 atom stereocenters. The van der Waals surface area contributed by atoms with Gasteiger partial charge in [-0.1, -0.05) is 29.8 Å². The third kappa shape index (κ3) is 3.49. The summed E-state index contributed by atoms with van der Waals surface area (Å²) in [6.07, 6.45) is 0. The molecule has 0 fully saturated rings. The predicted octanol–water partition coefficient (Wildman–Crippen LogP) is 3.36. The Morgan fingerprint density at radius 1 is 1.12 bits per heavy atom. The van der Waals surface area contributed by atoms with E-state index >= 15 is 0 Å². The van der Waals surface area contributed by atoms with E-state index in [1.54, 1.807) is 55.6 Å². The number of rotatable bonds is 6. The fourth-order valence-corrected chi connectivity index (χ4v) is 3.70. The van der Waals surface area contributed by atoms with Crippen molar-refractivity contribution in [2.24, 2.45) is 0 Å². The lowest BCUT2D eigenvalue weighted by atomic mass is 10.1. The van der Waals surface area contributed by atoms with E-state index in [2.05, 4.69) is 0 Å². The third-order valence-electron chi connectivity index (χ3n) is 3.82. The average molecular weight is 390 g/mol. The van der Waals surface area contributed by atoms with Crippen molar-refractivity contribution < 1.29 is 19.4 Å². The minimum atomic E-state index is -0.415. The van der Waals surface area contributed by atoms with Gasteiger partial charge in [-0.05, 0) is 35.9 Å². The Labute approximate surface area is 160 Å². The highest BCUT2D eigenvalue weighted by molar-refractivity contribution is 8.04. The minimum Gasteiger partial charge on any atom is -0.497 e. The van der Waals surface area contributed by atoms with E-state index in [9.17, 15) is 9.59 Å². The molecule has 7 heteroatoms. The van der Waals surface area contributed by atoms with Crippen molar-refractivity contribution >= 4 is 46.4 Å². The Bertz CT molecular complexity index is 879. The van der Waals surface area contributed by atoms with Crippen molar-refractivity contribution in [1.82, 2.24) is 0 Å². The Kier molecular flexibility index (Phi) is 5.66. The van der Waals surface area contributed by atoms with E-state index in [1.807, 2.05) is 0 Å². The lowest BCUT2D eigenvalue weighted by Gasteiger charge is -2.15. The maximum Gasteiger partial charge on any atom is 0.272 e. The van der Waals surface area contributed by atoms with E-state index in [4.69, 9.17) is 21.4 Å². The quantitative estimate of drug-likeness (QED) is 0.767. The average Bonchev–Trinajstić information content (AvgIpc) is 2.90. The summed E-state index contributed by atoms with van der Waals surface area (Å²) in [5.74, 6) is 0.143. The van der Waals surface area contributed by atoms with Crippen LogP contribution in [0.4, 0.5) is 5.69 Å². The normalized spacial score (nSPS) is 14.3. The molecule has 0 saturated carbocycles. The molecule has 0 aromatic heterocycles. The molecular weight excluding hydrogens is 374 g/mol. The number of methoxy groups -OCH3 is 1. The van der Waals surface area contributed by atoms with Gasteiger partial charge in [0, 0.05) is 10.8 Å². The van der Waals surface area contributed by atoms with Gasteiger partial charge in [-0.25, -0.2) is 4.90 Å². The van der Waals surface area contributed by atoms with Gasteiger partial charge in [0.2, 0.25) is 0 Å². The van der Waals surface area contributed by atoms with Crippen LogP contribution in [0.1, 0.15) is 5.56 Å². The molecule has 1 N–H and O–H groups in total. The zero-order valence-electron chi connectivity index (χ0n) is 13.9.